The van der Waals surface area contributed by atoms with Crippen LogP contribution in [0.15, 0.2) is 10.5 Å². The second-order valence-corrected chi connectivity index (χ2v) is 5.53. The van der Waals surface area contributed by atoms with Crippen LogP contribution in [0.5, 0.6) is 0 Å². The summed E-state index contributed by atoms with van der Waals surface area (Å²) < 4.78 is 11.5. The number of aryl methyl sites for hydroxylation is 1. The highest BCUT2D eigenvalue weighted by atomic mass is 16.5. The van der Waals surface area contributed by atoms with Gasteiger partial charge in [0.25, 0.3) is 5.91 Å². The van der Waals surface area contributed by atoms with Crippen LogP contribution >= 0.6 is 0 Å². The number of furan rings is 1. The third kappa shape index (κ3) is 3.61. The number of amides is 1. The van der Waals surface area contributed by atoms with E-state index in [0.29, 0.717) is 29.8 Å². The van der Waals surface area contributed by atoms with Gasteiger partial charge in [-0.2, -0.15) is 0 Å². The maximum absolute atomic E-state index is 11.5. The van der Waals surface area contributed by atoms with E-state index in [2.05, 4.69) is 12.3 Å². The monoisotopic (exact) mass is 280 g/mol. The number of nitrogen functional groups attached to an aromatic ring is 1. The minimum atomic E-state index is -0.332. The van der Waals surface area contributed by atoms with Gasteiger partial charge in [-0.15, -0.1) is 0 Å². The summed E-state index contributed by atoms with van der Waals surface area (Å²) in [6.07, 6.45) is 6.34. The van der Waals surface area contributed by atoms with Gasteiger partial charge in [-0.1, -0.05) is 26.2 Å². The number of nitrogens with two attached hydrogens (primary N) is 1. The zero-order valence-corrected chi connectivity index (χ0v) is 12.3. The van der Waals surface area contributed by atoms with Gasteiger partial charge in [0.05, 0.1) is 11.7 Å². The summed E-state index contributed by atoms with van der Waals surface area (Å²) in [4.78, 5) is 11.5. The summed E-state index contributed by atoms with van der Waals surface area (Å²) in [5.74, 6) is 6.83. The van der Waals surface area contributed by atoms with E-state index in [9.17, 15) is 4.79 Å². The van der Waals surface area contributed by atoms with E-state index in [1.165, 1.54) is 19.3 Å². The maximum atomic E-state index is 11.5. The normalized spacial score (nSPS) is 22.8. The Kier molecular flexibility index (Phi) is 5.20. The van der Waals surface area contributed by atoms with Crippen molar-refractivity contribution in [2.75, 3.05) is 0 Å². The molecule has 5 heteroatoms. The molecule has 1 aliphatic rings. The highest BCUT2D eigenvalue weighted by Gasteiger charge is 2.22. The molecule has 1 amide bonds. The molecule has 0 radical (unpaired) electrons. The number of hydrogen-bond acceptors (Lipinski definition) is 4. The van der Waals surface area contributed by atoms with Gasteiger partial charge < -0.3 is 9.15 Å². The highest BCUT2D eigenvalue weighted by molar-refractivity contribution is 5.94. The van der Waals surface area contributed by atoms with Gasteiger partial charge in [0.15, 0.2) is 0 Å². The van der Waals surface area contributed by atoms with E-state index in [-0.39, 0.29) is 5.91 Å². The molecule has 0 aliphatic heterocycles. The van der Waals surface area contributed by atoms with Gasteiger partial charge in [-0.05, 0) is 31.7 Å². The lowest BCUT2D eigenvalue weighted by Crippen LogP contribution is -2.30. The Labute approximate surface area is 119 Å². The van der Waals surface area contributed by atoms with E-state index < -0.39 is 0 Å². The Hall–Kier alpha value is -1.33. The first-order chi connectivity index (χ1) is 9.63. The van der Waals surface area contributed by atoms with Crippen molar-refractivity contribution in [2.24, 2.45) is 11.8 Å². The van der Waals surface area contributed by atoms with Crippen LogP contribution in [-0.4, -0.2) is 12.0 Å². The van der Waals surface area contributed by atoms with E-state index >= 15 is 0 Å². The highest BCUT2D eigenvalue weighted by Crippen LogP contribution is 2.29. The van der Waals surface area contributed by atoms with E-state index in [0.717, 1.165) is 18.8 Å². The van der Waals surface area contributed by atoms with Crippen LogP contribution < -0.4 is 11.3 Å². The summed E-state index contributed by atoms with van der Waals surface area (Å²) in [5.41, 5.74) is 2.59. The molecule has 3 N–H and O–H groups in total. The molecule has 112 valence electrons. The van der Waals surface area contributed by atoms with Crippen LogP contribution in [0.25, 0.3) is 0 Å². The zero-order chi connectivity index (χ0) is 14.5. The summed E-state index contributed by atoms with van der Waals surface area (Å²) >= 11 is 0. The summed E-state index contributed by atoms with van der Waals surface area (Å²) in [6.45, 7) is 4.40. The largest absolute Gasteiger partial charge is 0.463 e. The number of rotatable bonds is 5. The van der Waals surface area contributed by atoms with Crippen LogP contribution in [0.2, 0.25) is 0 Å². The van der Waals surface area contributed by atoms with Crippen molar-refractivity contribution in [3.63, 3.8) is 0 Å². The lowest BCUT2D eigenvalue weighted by atomic mass is 9.85. The SMILES string of the molecule is CCC1CCCC(OCc2cc(C(=O)NN)c(C)o2)C1. The van der Waals surface area contributed by atoms with Crippen molar-refractivity contribution in [3.8, 4) is 0 Å². The number of ether oxygens (including phenoxy) is 1. The van der Waals surface area contributed by atoms with Crippen molar-refractivity contribution >= 4 is 5.91 Å². The lowest BCUT2D eigenvalue weighted by Gasteiger charge is -2.28. The molecular weight excluding hydrogens is 256 g/mol. The van der Waals surface area contributed by atoms with Crippen molar-refractivity contribution < 1.29 is 13.9 Å². The van der Waals surface area contributed by atoms with Gasteiger partial charge in [0, 0.05) is 0 Å². The van der Waals surface area contributed by atoms with Gasteiger partial charge in [-0.25, -0.2) is 5.84 Å². The molecule has 5 nitrogen and oxygen atoms in total. The lowest BCUT2D eigenvalue weighted by molar-refractivity contribution is -0.00556. The topological polar surface area (TPSA) is 77.5 Å². The van der Waals surface area contributed by atoms with Crippen molar-refractivity contribution in [2.45, 2.75) is 58.7 Å². The predicted molar refractivity (Wildman–Crippen MR) is 75.9 cm³/mol. The van der Waals surface area contributed by atoms with E-state index in [1.807, 2.05) is 0 Å². The molecule has 20 heavy (non-hydrogen) atoms. The number of carbonyl (C=O) groups excluding carboxylic acids is 1. The third-order valence-corrected chi connectivity index (χ3v) is 4.12. The smallest absolute Gasteiger partial charge is 0.268 e. The second kappa shape index (κ2) is 6.90. The average Bonchev–Trinajstić information content (AvgIpc) is 2.85. The van der Waals surface area contributed by atoms with Crippen molar-refractivity contribution in [1.82, 2.24) is 5.43 Å². The number of hydrazine groups is 1. The maximum Gasteiger partial charge on any atom is 0.268 e. The first-order valence-electron chi connectivity index (χ1n) is 7.35. The molecule has 1 aromatic heterocycles. The van der Waals surface area contributed by atoms with Gasteiger partial charge in [0.2, 0.25) is 0 Å². The fourth-order valence-electron chi connectivity index (χ4n) is 2.88. The summed E-state index contributed by atoms with van der Waals surface area (Å²) in [7, 11) is 0. The molecule has 2 atom stereocenters. The molecule has 0 spiro atoms. The van der Waals surface area contributed by atoms with Crippen molar-refractivity contribution in [1.29, 1.82) is 0 Å². The first kappa shape index (κ1) is 15.1. The Balaban J connectivity index is 1.89. The molecule has 0 saturated heterocycles. The number of hydrogen-bond donors (Lipinski definition) is 2. The molecule has 1 heterocycles. The molecular formula is C15H24N2O3. The summed E-state index contributed by atoms with van der Waals surface area (Å²) in [5, 5.41) is 0. The Morgan fingerprint density at radius 2 is 2.35 bits per heavy atom. The number of nitrogens with one attached hydrogen (secondary N) is 1. The number of carbonyl (C=O) groups is 1. The molecule has 0 bridgehead atoms. The zero-order valence-electron chi connectivity index (χ0n) is 12.3. The third-order valence-electron chi connectivity index (χ3n) is 4.12. The second-order valence-electron chi connectivity index (χ2n) is 5.53. The van der Waals surface area contributed by atoms with Crippen LogP contribution in [0, 0.1) is 12.8 Å². The van der Waals surface area contributed by atoms with Gasteiger partial charge in [-0.3, -0.25) is 10.2 Å². The van der Waals surface area contributed by atoms with E-state index in [1.54, 1.807) is 13.0 Å². The average molecular weight is 280 g/mol. The molecule has 0 aromatic carbocycles. The van der Waals surface area contributed by atoms with E-state index in [4.69, 9.17) is 15.0 Å². The minimum absolute atomic E-state index is 0.311. The molecule has 1 fully saturated rings. The minimum Gasteiger partial charge on any atom is -0.463 e. The quantitative estimate of drug-likeness (QED) is 0.494. The molecule has 1 aliphatic carbocycles. The van der Waals surface area contributed by atoms with Crippen molar-refractivity contribution in [3.05, 3.63) is 23.2 Å². The van der Waals surface area contributed by atoms with Crippen LogP contribution in [0.1, 0.15) is 60.9 Å². The van der Waals surface area contributed by atoms with Crippen LogP contribution in [0.3, 0.4) is 0 Å². The Bertz CT molecular complexity index is 456. The molecule has 1 aromatic rings. The first-order valence-corrected chi connectivity index (χ1v) is 7.35. The molecule has 2 unspecified atom stereocenters. The summed E-state index contributed by atoms with van der Waals surface area (Å²) in [6, 6.07) is 1.71. The van der Waals surface area contributed by atoms with Gasteiger partial charge >= 0.3 is 0 Å². The standard InChI is InChI=1S/C15H24N2O3/c1-3-11-5-4-6-12(7-11)19-9-13-8-14(10(2)20-13)15(18)17-16/h8,11-12H,3-7,9,16H2,1-2H3,(H,17,18). The van der Waals surface area contributed by atoms with Crippen LogP contribution in [0.4, 0.5) is 0 Å². The Morgan fingerprint density at radius 1 is 1.55 bits per heavy atom. The fourth-order valence-corrected chi connectivity index (χ4v) is 2.88. The van der Waals surface area contributed by atoms with Gasteiger partial charge in [0.1, 0.15) is 18.1 Å². The fraction of sp³-hybridized carbons (Fsp3) is 0.667. The van der Waals surface area contributed by atoms with Crippen LogP contribution in [-0.2, 0) is 11.3 Å². The predicted octanol–water partition coefficient (Wildman–Crippen LogP) is 2.68. The molecule has 1 saturated carbocycles. The molecule has 2 rings (SSSR count). The Morgan fingerprint density at radius 3 is 3.05 bits per heavy atom.